The van der Waals surface area contributed by atoms with Gasteiger partial charge in [0.15, 0.2) is 0 Å². The first-order valence-corrected chi connectivity index (χ1v) is 5.98. The SMILES string of the molecule is Cc1ccc(Nc2ccc(C)c(C)c2)cc1C. The van der Waals surface area contributed by atoms with Crippen molar-refractivity contribution in [3.8, 4) is 0 Å². The largest absolute Gasteiger partial charge is 0.356 e. The number of rotatable bonds is 2. The molecule has 2 aromatic carbocycles. The molecular formula is C16H19N. The quantitative estimate of drug-likeness (QED) is 0.783. The Labute approximate surface area is 103 Å². The first kappa shape index (κ1) is 11.7. The fraction of sp³-hybridized carbons (Fsp3) is 0.250. The summed E-state index contributed by atoms with van der Waals surface area (Å²) in [5, 5.41) is 3.44. The predicted octanol–water partition coefficient (Wildman–Crippen LogP) is 4.66. The average molecular weight is 225 g/mol. The van der Waals surface area contributed by atoms with Crippen molar-refractivity contribution in [2.24, 2.45) is 0 Å². The third-order valence-corrected chi connectivity index (χ3v) is 3.30. The van der Waals surface area contributed by atoms with Crippen molar-refractivity contribution in [2.75, 3.05) is 5.32 Å². The van der Waals surface area contributed by atoms with Gasteiger partial charge in [-0.2, -0.15) is 0 Å². The second-order valence-electron chi connectivity index (χ2n) is 4.72. The molecule has 17 heavy (non-hydrogen) atoms. The highest BCUT2D eigenvalue weighted by Gasteiger charge is 1.99. The fourth-order valence-corrected chi connectivity index (χ4v) is 1.81. The normalized spacial score (nSPS) is 10.4. The molecule has 2 aromatic rings. The molecule has 0 aliphatic carbocycles. The molecule has 0 heterocycles. The Bertz CT molecular complexity index is 492. The molecular weight excluding hydrogens is 206 g/mol. The van der Waals surface area contributed by atoms with E-state index in [4.69, 9.17) is 0 Å². The molecule has 0 spiro atoms. The average Bonchev–Trinajstić information content (AvgIpc) is 2.29. The van der Waals surface area contributed by atoms with Crippen LogP contribution < -0.4 is 5.32 Å². The zero-order chi connectivity index (χ0) is 12.4. The summed E-state index contributed by atoms with van der Waals surface area (Å²) in [6.45, 7) is 8.55. The Morgan fingerprint density at radius 3 is 1.35 bits per heavy atom. The smallest absolute Gasteiger partial charge is 0.0387 e. The Kier molecular flexibility index (Phi) is 3.19. The van der Waals surface area contributed by atoms with Gasteiger partial charge in [0.2, 0.25) is 0 Å². The molecule has 88 valence electrons. The van der Waals surface area contributed by atoms with Gasteiger partial charge in [-0.3, -0.25) is 0 Å². The van der Waals surface area contributed by atoms with E-state index in [1.165, 1.54) is 22.3 Å². The minimum Gasteiger partial charge on any atom is -0.356 e. The van der Waals surface area contributed by atoms with Gasteiger partial charge in [-0.15, -0.1) is 0 Å². The molecule has 1 N–H and O–H groups in total. The van der Waals surface area contributed by atoms with Crippen molar-refractivity contribution in [3.05, 3.63) is 58.7 Å². The summed E-state index contributed by atoms with van der Waals surface area (Å²) in [6.07, 6.45) is 0. The first-order chi connectivity index (χ1) is 8.06. The zero-order valence-electron chi connectivity index (χ0n) is 11.0. The van der Waals surface area contributed by atoms with Crippen LogP contribution in [0.4, 0.5) is 11.4 Å². The molecule has 0 radical (unpaired) electrons. The highest BCUT2D eigenvalue weighted by Crippen LogP contribution is 2.21. The van der Waals surface area contributed by atoms with Crippen LogP contribution in [0.15, 0.2) is 36.4 Å². The minimum atomic E-state index is 1.15. The van der Waals surface area contributed by atoms with Gasteiger partial charge in [0.25, 0.3) is 0 Å². The second-order valence-corrected chi connectivity index (χ2v) is 4.72. The van der Waals surface area contributed by atoms with Crippen molar-refractivity contribution in [2.45, 2.75) is 27.7 Å². The monoisotopic (exact) mass is 225 g/mol. The third-order valence-electron chi connectivity index (χ3n) is 3.30. The number of aryl methyl sites for hydroxylation is 4. The predicted molar refractivity (Wildman–Crippen MR) is 75.1 cm³/mol. The van der Waals surface area contributed by atoms with Crippen LogP contribution in [0.2, 0.25) is 0 Å². The summed E-state index contributed by atoms with van der Waals surface area (Å²) in [7, 11) is 0. The lowest BCUT2D eigenvalue weighted by Gasteiger charge is -2.10. The van der Waals surface area contributed by atoms with E-state index in [2.05, 4.69) is 69.4 Å². The Balaban J connectivity index is 2.25. The Morgan fingerprint density at radius 1 is 0.588 bits per heavy atom. The molecule has 0 unspecified atom stereocenters. The highest BCUT2D eigenvalue weighted by atomic mass is 14.9. The van der Waals surface area contributed by atoms with E-state index in [1.54, 1.807) is 0 Å². The fourth-order valence-electron chi connectivity index (χ4n) is 1.81. The second kappa shape index (κ2) is 4.62. The topological polar surface area (TPSA) is 12.0 Å². The third kappa shape index (κ3) is 2.68. The summed E-state index contributed by atoms with van der Waals surface area (Å²) in [5.41, 5.74) is 7.59. The summed E-state index contributed by atoms with van der Waals surface area (Å²) < 4.78 is 0. The number of nitrogens with one attached hydrogen (secondary N) is 1. The van der Waals surface area contributed by atoms with Crippen LogP contribution in [0.5, 0.6) is 0 Å². The maximum absolute atomic E-state index is 3.44. The molecule has 0 atom stereocenters. The van der Waals surface area contributed by atoms with Gasteiger partial charge in [0.05, 0.1) is 0 Å². The molecule has 0 bridgehead atoms. The molecule has 1 heteroatoms. The number of anilines is 2. The lowest BCUT2D eigenvalue weighted by atomic mass is 10.1. The molecule has 0 fully saturated rings. The molecule has 0 amide bonds. The van der Waals surface area contributed by atoms with E-state index in [9.17, 15) is 0 Å². The van der Waals surface area contributed by atoms with Gasteiger partial charge in [-0.25, -0.2) is 0 Å². The van der Waals surface area contributed by atoms with Crippen LogP contribution in [-0.2, 0) is 0 Å². The van der Waals surface area contributed by atoms with Gasteiger partial charge >= 0.3 is 0 Å². The summed E-state index contributed by atoms with van der Waals surface area (Å²) in [6, 6.07) is 12.9. The summed E-state index contributed by atoms with van der Waals surface area (Å²) in [5.74, 6) is 0. The van der Waals surface area contributed by atoms with Gasteiger partial charge in [-0.1, -0.05) is 12.1 Å². The zero-order valence-corrected chi connectivity index (χ0v) is 11.0. The van der Waals surface area contributed by atoms with E-state index in [-0.39, 0.29) is 0 Å². The molecule has 0 aliphatic heterocycles. The molecule has 2 rings (SSSR count). The van der Waals surface area contributed by atoms with Crippen molar-refractivity contribution >= 4 is 11.4 Å². The van der Waals surface area contributed by atoms with Crippen LogP contribution in [0.1, 0.15) is 22.3 Å². The number of hydrogen-bond donors (Lipinski definition) is 1. The van der Waals surface area contributed by atoms with E-state index in [0.717, 1.165) is 11.4 Å². The van der Waals surface area contributed by atoms with Gasteiger partial charge in [-0.05, 0) is 74.2 Å². The van der Waals surface area contributed by atoms with Crippen LogP contribution >= 0.6 is 0 Å². The van der Waals surface area contributed by atoms with Gasteiger partial charge in [0, 0.05) is 11.4 Å². The van der Waals surface area contributed by atoms with E-state index in [1.807, 2.05) is 0 Å². The van der Waals surface area contributed by atoms with Crippen molar-refractivity contribution < 1.29 is 0 Å². The highest BCUT2D eigenvalue weighted by molar-refractivity contribution is 5.62. The molecule has 1 nitrogen and oxygen atoms in total. The van der Waals surface area contributed by atoms with Crippen LogP contribution in [0, 0.1) is 27.7 Å². The van der Waals surface area contributed by atoms with E-state index >= 15 is 0 Å². The van der Waals surface area contributed by atoms with Crippen molar-refractivity contribution in [1.82, 2.24) is 0 Å². The molecule has 0 aromatic heterocycles. The van der Waals surface area contributed by atoms with Crippen LogP contribution in [0.25, 0.3) is 0 Å². The maximum Gasteiger partial charge on any atom is 0.0387 e. The first-order valence-electron chi connectivity index (χ1n) is 5.98. The molecule has 0 saturated heterocycles. The van der Waals surface area contributed by atoms with E-state index < -0.39 is 0 Å². The lowest BCUT2D eigenvalue weighted by molar-refractivity contribution is 1.32. The molecule has 0 aliphatic rings. The van der Waals surface area contributed by atoms with Gasteiger partial charge in [0.1, 0.15) is 0 Å². The Hall–Kier alpha value is -1.76. The van der Waals surface area contributed by atoms with Crippen LogP contribution in [-0.4, -0.2) is 0 Å². The maximum atomic E-state index is 3.44. The summed E-state index contributed by atoms with van der Waals surface area (Å²) >= 11 is 0. The Morgan fingerprint density at radius 2 is 1.00 bits per heavy atom. The minimum absolute atomic E-state index is 1.15. The standard InChI is InChI=1S/C16H19N/c1-11-5-7-15(9-13(11)3)17-16-8-6-12(2)14(4)10-16/h5-10,17H,1-4H3. The lowest BCUT2D eigenvalue weighted by Crippen LogP contribution is -1.93. The number of hydrogen-bond acceptors (Lipinski definition) is 1. The summed E-state index contributed by atoms with van der Waals surface area (Å²) in [4.78, 5) is 0. The van der Waals surface area contributed by atoms with Gasteiger partial charge < -0.3 is 5.32 Å². The van der Waals surface area contributed by atoms with Crippen molar-refractivity contribution in [1.29, 1.82) is 0 Å². The molecule has 0 saturated carbocycles. The number of benzene rings is 2. The van der Waals surface area contributed by atoms with Crippen molar-refractivity contribution in [3.63, 3.8) is 0 Å². The van der Waals surface area contributed by atoms with E-state index in [0.29, 0.717) is 0 Å². The van der Waals surface area contributed by atoms with Crippen LogP contribution in [0.3, 0.4) is 0 Å².